The maximum atomic E-state index is 12.4. The Kier molecular flexibility index (Phi) is 7.37. The van der Waals surface area contributed by atoms with E-state index in [-0.39, 0.29) is 21.9 Å². The predicted molar refractivity (Wildman–Crippen MR) is 108 cm³/mol. The topological polar surface area (TPSA) is 159 Å². The van der Waals surface area contributed by atoms with E-state index in [1.165, 1.54) is 37.3 Å². The zero-order chi connectivity index (χ0) is 21.6. The van der Waals surface area contributed by atoms with E-state index in [1.807, 2.05) is 0 Å². The van der Waals surface area contributed by atoms with E-state index in [4.69, 9.17) is 15.6 Å². The Balaban J connectivity index is 2.07. The zero-order valence-corrected chi connectivity index (χ0v) is 17.0. The van der Waals surface area contributed by atoms with Crippen LogP contribution >= 0.6 is 11.8 Å². The Morgan fingerprint density at radius 2 is 1.83 bits per heavy atom. The van der Waals surface area contributed by atoms with E-state index < -0.39 is 33.9 Å². The van der Waals surface area contributed by atoms with E-state index in [0.29, 0.717) is 4.90 Å². The molecule has 1 unspecified atom stereocenters. The van der Waals surface area contributed by atoms with Crippen LogP contribution in [0.3, 0.4) is 0 Å². The Labute approximate surface area is 171 Å². The molecule has 2 rings (SSSR count). The van der Waals surface area contributed by atoms with Crippen molar-refractivity contribution in [2.24, 2.45) is 10.9 Å². The van der Waals surface area contributed by atoms with Crippen LogP contribution in [0.1, 0.15) is 17.3 Å². The summed E-state index contributed by atoms with van der Waals surface area (Å²) in [4.78, 5) is 36.0. The maximum Gasteiger partial charge on any atom is 0.340 e. The lowest BCUT2D eigenvalue weighted by molar-refractivity contribution is -0.123. The molecule has 2 amide bonds. The molecule has 0 radical (unpaired) electrons. The van der Waals surface area contributed by atoms with E-state index in [2.05, 4.69) is 5.32 Å². The molecule has 0 bridgehead atoms. The molecule has 0 saturated heterocycles. The summed E-state index contributed by atoms with van der Waals surface area (Å²) < 4.78 is 28.0. The molecule has 2 aromatic rings. The van der Waals surface area contributed by atoms with Crippen molar-refractivity contribution in [2.75, 3.05) is 11.1 Å². The van der Waals surface area contributed by atoms with E-state index >= 15 is 0 Å². The molecule has 11 heteroatoms. The number of hydrogen-bond acceptors (Lipinski definition) is 7. The molecular formula is C18H19N3O6S2. The molecule has 0 saturated carbocycles. The summed E-state index contributed by atoms with van der Waals surface area (Å²) in [5, 5.41) is 7.53. The summed E-state index contributed by atoms with van der Waals surface area (Å²) in [6, 6.07) is 11.8. The molecule has 0 aliphatic heterocycles. The molecule has 154 valence electrons. The van der Waals surface area contributed by atoms with Gasteiger partial charge in [-0.2, -0.15) is 0 Å². The quantitative estimate of drug-likeness (QED) is 0.412. The highest BCUT2D eigenvalue weighted by molar-refractivity contribution is 8.00. The Hall–Kier alpha value is -2.89. The van der Waals surface area contributed by atoms with Crippen LogP contribution in [0.2, 0.25) is 0 Å². The summed E-state index contributed by atoms with van der Waals surface area (Å²) in [6.07, 6.45) is -1.17. The number of ether oxygens (including phenoxy) is 1. The second kappa shape index (κ2) is 9.54. The normalized spacial score (nSPS) is 12.1. The molecule has 0 aromatic heterocycles. The summed E-state index contributed by atoms with van der Waals surface area (Å²) in [6.45, 7) is 1.37. The lowest BCUT2D eigenvalue weighted by atomic mass is 10.2. The lowest BCUT2D eigenvalue weighted by Crippen LogP contribution is -2.30. The third kappa shape index (κ3) is 6.59. The van der Waals surface area contributed by atoms with Crippen LogP contribution in [-0.4, -0.2) is 38.1 Å². The number of amides is 2. The minimum Gasteiger partial charge on any atom is -0.449 e. The Morgan fingerprint density at radius 3 is 2.48 bits per heavy atom. The molecule has 0 spiro atoms. The first kappa shape index (κ1) is 22.4. The molecule has 5 N–H and O–H groups in total. The number of carbonyl (C=O) groups is 3. The Morgan fingerprint density at radius 1 is 1.14 bits per heavy atom. The van der Waals surface area contributed by atoms with Crippen molar-refractivity contribution < 1.29 is 27.5 Å². The van der Waals surface area contributed by atoms with Gasteiger partial charge in [-0.05, 0) is 37.3 Å². The van der Waals surface area contributed by atoms with Crippen LogP contribution in [0, 0.1) is 0 Å². The molecule has 2 aromatic carbocycles. The molecule has 1 atom stereocenters. The average molecular weight is 437 g/mol. The first-order chi connectivity index (χ1) is 13.6. The molecule has 0 aliphatic rings. The van der Waals surface area contributed by atoms with E-state index in [9.17, 15) is 22.8 Å². The number of rotatable bonds is 8. The third-order valence-electron chi connectivity index (χ3n) is 3.56. The van der Waals surface area contributed by atoms with E-state index in [0.717, 1.165) is 11.8 Å². The zero-order valence-electron chi connectivity index (χ0n) is 15.3. The van der Waals surface area contributed by atoms with Crippen molar-refractivity contribution in [3.63, 3.8) is 0 Å². The molecule has 9 nitrogen and oxygen atoms in total. The maximum absolute atomic E-state index is 12.4. The number of benzene rings is 2. The Bertz CT molecular complexity index is 1040. The second-order valence-electron chi connectivity index (χ2n) is 5.86. The summed E-state index contributed by atoms with van der Waals surface area (Å²) in [5.41, 5.74) is 5.50. The van der Waals surface area contributed by atoms with Gasteiger partial charge in [-0.1, -0.05) is 18.2 Å². The van der Waals surface area contributed by atoms with Gasteiger partial charge < -0.3 is 15.8 Å². The fraction of sp³-hybridized carbons (Fsp3) is 0.167. The number of primary amides is 1. The number of thioether (sulfide) groups is 1. The SMILES string of the molecule is CC(OC(=O)c1ccccc1SCC(N)=O)C(=O)Nc1cccc(S(N)(=O)=O)c1. The predicted octanol–water partition coefficient (Wildman–Crippen LogP) is 1.10. The molecule has 0 aliphatic carbocycles. The monoisotopic (exact) mass is 437 g/mol. The van der Waals surface area contributed by atoms with Crippen molar-refractivity contribution in [3.05, 3.63) is 54.1 Å². The minimum atomic E-state index is -3.92. The average Bonchev–Trinajstić information content (AvgIpc) is 2.66. The summed E-state index contributed by atoms with van der Waals surface area (Å²) in [7, 11) is -3.92. The van der Waals surface area contributed by atoms with Gasteiger partial charge >= 0.3 is 5.97 Å². The lowest BCUT2D eigenvalue weighted by Gasteiger charge is -2.15. The largest absolute Gasteiger partial charge is 0.449 e. The van der Waals surface area contributed by atoms with Crippen LogP contribution in [0.15, 0.2) is 58.3 Å². The molecular weight excluding hydrogens is 418 g/mol. The number of nitrogens with two attached hydrogens (primary N) is 2. The number of sulfonamides is 1. The fourth-order valence-corrected chi connectivity index (χ4v) is 3.52. The van der Waals surface area contributed by atoms with Gasteiger partial charge in [-0.15, -0.1) is 11.8 Å². The van der Waals surface area contributed by atoms with Crippen molar-refractivity contribution >= 4 is 45.3 Å². The molecule has 0 fully saturated rings. The van der Waals surface area contributed by atoms with Crippen molar-refractivity contribution in [2.45, 2.75) is 22.8 Å². The van der Waals surface area contributed by atoms with Gasteiger partial charge in [0.2, 0.25) is 15.9 Å². The number of primary sulfonamides is 1. The van der Waals surface area contributed by atoms with Crippen molar-refractivity contribution in [3.8, 4) is 0 Å². The van der Waals surface area contributed by atoms with Gasteiger partial charge in [-0.25, -0.2) is 18.4 Å². The summed E-state index contributed by atoms with van der Waals surface area (Å²) >= 11 is 1.08. The van der Waals surface area contributed by atoms with Crippen molar-refractivity contribution in [1.29, 1.82) is 0 Å². The van der Waals surface area contributed by atoms with Crippen LogP contribution in [0.4, 0.5) is 5.69 Å². The highest BCUT2D eigenvalue weighted by Crippen LogP contribution is 2.23. The number of anilines is 1. The van der Waals surface area contributed by atoms with Gasteiger partial charge in [0.05, 0.1) is 16.2 Å². The third-order valence-corrected chi connectivity index (χ3v) is 5.57. The number of esters is 1. The van der Waals surface area contributed by atoms with Gasteiger partial charge in [-0.3, -0.25) is 9.59 Å². The van der Waals surface area contributed by atoms with Gasteiger partial charge in [0, 0.05) is 10.6 Å². The number of hydrogen-bond donors (Lipinski definition) is 3. The highest BCUT2D eigenvalue weighted by Gasteiger charge is 2.21. The van der Waals surface area contributed by atoms with Crippen LogP contribution in [-0.2, 0) is 24.3 Å². The molecule has 0 heterocycles. The summed E-state index contributed by atoms with van der Waals surface area (Å²) in [5.74, 6) is -1.96. The van der Waals surface area contributed by atoms with E-state index in [1.54, 1.807) is 18.2 Å². The standard InChI is InChI=1S/C18H19N3O6S2/c1-11(17(23)21-12-5-4-6-13(9-12)29(20,25)26)27-18(24)14-7-2-3-8-15(14)28-10-16(19)22/h2-9,11H,10H2,1H3,(H2,19,22)(H,21,23)(H2,20,25,26). The minimum absolute atomic E-state index is 0.0132. The smallest absolute Gasteiger partial charge is 0.340 e. The highest BCUT2D eigenvalue weighted by atomic mass is 32.2. The fourth-order valence-electron chi connectivity index (χ4n) is 2.18. The van der Waals surface area contributed by atoms with Crippen molar-refractivity contribution in [1.82, 2.24) is 0 Å². The first-order valence-corrected chi connectivity index (χ1v) is 10.8. The van der Waals surface area contributed by atoms with Gasteiger partial charge in [0.15, 0.2) is 6.10 Å². The molecule has 29 heavy (non-hydrogen) atoms. The number of nitrogens with one attached hydrogen (secondary N) is 1. The second-order valence-corrected chi connectivity index (χ2v) is 8.44. The van der Waals surface area contributed by atoms with Crippen LogP contribution < -0.4 is 16.2 Å². The number of carbonyl (C=O) groups excluding carboxylic acids is 3. The van der Waals surface area contributed by atoms with Gasteiger partial charge in [0.25, 0.3) is 5.91 Å². The van der Waals surface area contributed by atoms with Crippen LogP contribution in [0.25, 0.3) is 0 Å². The first-order valence-electron chi connectivity index (χ1n) is 8.23. The van der Waals surface area contributed by atoms with Crippen LogP contribution in [0.5, 0.6) is 0 Å². The van der Waals surface area contributed by atoms with Gasteiger partial charge in [0.1, 0.15) is 0 Å².